The number of amides is 2. The molecule has 2 fully saturated rings. The van der Waals surface area contributed by atoms with Crippen molar-refractivity contribution >= 4 is 17.5 Å². The van der Waals surface area contributed by atoms with E-state index in [0.717, 1.165) is 17.8 Å². The number of para-hydroxylation sites is 2. The van der Waals surface area contributed by atoms with Gasteiger partial charge < -0.3 is 20.2 Å². The minimum Gasteiger partial charge on any atom is -0.506 e. The maximum atomic E-state index is 13.0. The standard InChI is InChI=1S/C24H30N4O3/c1-18-6-8-19(9-7-18)17-28-11-10-25-24(31)21(28)16-23(30)27-14-12-26(13-15-27)20-4-2-3-5-22(20)29/h2-9,21,29H,10-17H2,1H3,(H,25,31). The van der Waals surface area contributed by atoms with Gasteiger partial charge in [0.05, 0.1) is 18.2 Å². The van der Waals surface area contributed by atoms with Gasteiger partial charge in [-0.2, -0.15) is 0 Å². The van der Waals surface area contributed by atoms with Crippen LogP contribution in [0.2, 0.25) is 0 Å². The van der Waals surface area contributed by atoms with E-state index in [2.05, 4.69) is 46.3 Å². The number of hydrogen-bond acceptors (Lipinski definition) is 5. The Labute approximate surface area is 183 Å². The Balaban J connectivity index is 1.36. The molecule has 1 atom stereocenters. The minimum absolute atomic E-state index is 0.00731. The Morgan fingerprint density at radius 3 is 2.45 bits per heavy atom. The van der Waals surface area contributed by atoms with Crippen LogP contribution in [0.15, 0.2) is 48.5 Å². The number of carbonyl (C=O) groups is 2. The largest absolute Gasteiger partial charge is 0.506 e. The van der Waals surface area contributed by atoms with Crippen molar-refractivity contribution in [1.82, 2.24) is 15.1 Å². The molecule has 2 N–H and O–H groups in total. The molecule has 0 aromatic heterocycles. The fourth-order valence-electron chi connectivity index (χ4n) is 4.32. The van der Waals surface area contributed by atoms with Crippen molar-refractivity contribution in [3.05, 3.63) is 59.7 Å². The normalized spacial score (nSPS) is 19.9. The third-order valence-electron chi connectivity index (χ3n) is 6.17. The Hall–Kier alpha value is -3.06. The monoisotopic (exact) mass is 422 g/mol. The number of anilines is 1. The second-order valence-corrected chi connectivity index (χ2v) is 8.32. The maximum absolute atomic E-state index is 13.0. The molecule has 0 bridgehead atoms. The Morgan fingerprint density at radius 2 is 1.74 bits per heavy atom. The van der Waals surface area contributed by atoms with Crippen LogP contribution in [0.5, 0.6) is 5.75 Å². The number of piperazine rings is 2. The summed E-state index contributed by atoms with van der Waals surface area (Å²) in [5.74, 6) is 0.195. The number of aromatic hydroxyl groups is 1. The first-order valence-corrected chi connectivity index (χ1v) is 10.9. The number of hydrogen-bond donors (Lipinski definition) is 2. The van der Waals surface area contributed by atoms with Gasteiger partial charge in [-0.1, -0.05) is 42.0 Å². The molecule has 2 aliphatic rings. The van der Waals surface area contributed by atoms with Gasteiger partial charge in [-0.3, -0.25) is 14.5 Å². The number of phenolic OH excluding ortho intramolecular Hbond substituents is 1. The number of carbonyl (C=O) groups excluding carboxylic acids is 2. The third kappa shape index (κ3) is 4.99. The molecule has 7 nitrogen and oxygen atoms in total. The molecule has 31 heavy (non-hydrogen) atoms. The van der Waals surface area contributed by atoms with E-state index < -0.39 is 6.04 Å². The highest BCUT2D eigenvalue weighted by Crippen LogP contribution is 2.27. The summed E-state index contributed by atoms with van der Waals surface area (Å²) in [6, 6.07) is 15.1. The fourth-order valence-corrected chi connectivity index (χ4v) is 4.32. The second kappa shape index (κ2) is 9.39. The van der Waals surface area contributed by atoms with Crippen molar-refractivity contribution in [2.24, 2.45) is 0 Å². The molecule has 2 amide bonds. The highest BCUT2D eigenvalue weighted by molar-refractivity contribution is 5.89. The first-order valence-electron chi connectivity index (χ1n) is 10.9. The highest BCUT2D eigenvalue weighted by Gasteiger charge is 2.33. The number of nitrogens with zero attached hydrogens (tertiary/aromatic N) is 3. The molecule has 2 aliphatic heterocycles. The maximum Gasteiger partial charge on any atom is 0.237 e. The van der Waals surface area contributed by atoms with Crippen LogP contribution in [-0.2, 0) is 16.1 Å². The Bertz CT molecular complexity index is 923. The number of aryl methyl sites for hydroxylation is 1. The lowest BCUT2D eigenvalue weighted by Crippen LogP contribution is -2.57. The second-order valence-electron chi connectivity index (χ2n) is 8.32. The lowest BCUT2D eigenvalue weighted by atomic mass is 10.1. The summed E-state index contributed by atoms with van der Waals surface area (Å²) in [7, 11) is 0. The summed E-state index contributed by atoms with van der Waals surface area (Å²) in [5, 5.41) is 13.0. The quantitative estimate of drug-likeness (QED) is 0.768. The van der Waals surface area contributed by atoms with Crippen molar-refractivity contribution in [3.8, 4) is 5.75 Å². The van der Waals surface area contributed by atoms with Gasteiger partial charge in [0.1, 0.15) is 5.75 Å². The van der Waals surface area contributed by atoms with Crippen molar-refractivity contribution in [1.29, 1.82) is 0 Å². The predicted octanol–water partition coefficient (Wildman–Crippen LogP) is 1.74. The van der Waals surface area contributed by atoms with Crippen LogP contribution in [-0.4, -0.2) is 72.0 Å². The molecule has 1 unspecified atom stereocenters. The van der Waals surface area contributed by atoms with Gasteiger partial charge in [-0.05, 0) is 24.6 Å². The molecule has 2 saturated heterocycles. The molecule has 0 aliphatic carbocycles. The van der Waals surface area contributed by atoms with E-state index >= 15 is 0 Å². The molecule has 0 spiro atoms. The molecule has 2 aromatic carbocycles. The summed E-state index contributed by atoms with van der Waals surface area (Å²) in [4.78, 5) is 31.6. The van der Waals surface area contributed by atoms with Gasteiger partial charge in [0.25, 0.3) is 0 Å². The Morgan fingerprint density at radius 1 is 1.03 bits per heavy atom. The van der Waals surface area contributed by atoms with Crippen LogP contribution in [0.1, 0.15) is 17.5 Å². The zero-order valence-corrected chi connectivity index (χ0v) is 18.0. The summed E-state index contributed by atoms with van der Waals surface area (Å²) in [5.41, 5.74) is 3.15. The molecular formula is C24H30N4O3. The summed E-state index contributed by atoms with van der Waals surface area (Å²) < 4.78 is 0. The van der Waals surface area contributed by atoms with Crippen molar-refractivity contribution < 1.29 is 14.7 Å². The summed E-state index contributed by atoms with van der Waals surface area (Å²) in [6.07, 6.45) is 0.189. The van der Waals surface area contributed by atoms with Gasteiger partial charge >= 0.3 is 0 Å². The highest BCUT2D eigenvalue weighted by atomic mass is 16.3. The van der Waals surface area contributed by atoms with Crippen LogP contribution in [0.3, 0.4) is 0 Å². The van der Waals surface area contributed by atoms with Gasteiger partial charge in [-0.15, -0.1) is 0 Å². The van der Waals surface area contributed by atoms with E-state index in [1.54, 1.807) is 12.1 Å². The number of phenols is 1. The molecule has 7 heteroatoms. The molecule has 0 saturated carbocycles. The van der Waals surface area contributed by atoms with E-state index in [1.807, 2.05) is 17.0 Å². The van der Waals surface area contributed by atoms with E-state index in [4.69, 9.17) is 0 Å². The van der Waals surface area contributed by atoms with Crippen molar-refractivity contribution in [2.45, 2.75) is 25.9 Å². The van der Waals surface area contributed by atoms with Crippen LogP contribution in [0.25, 0.3) is 0 Å². The first kappa shape index (κ1) is 21.2. The lowest BCUT2D eigenvalue weighted by Gasteiger charge is -2.39. The van der Waals surface area contributed by atoms with E-state index in [1.165, 1.54) is 5.56 Å². The molecule has 2 aromatic rings. The molecule has 164 valence electrons. The van der Waals surface area contributed by atoms with Gasteiger partial charge in [0.15, 0.2) is 0 Å². The lowest BCUT2D eigenvalue weighted by molar-refractivity contribution is -0.139. The predicted molar refractivity (Wildman–Crippen MR) is 120 cm³/mol. The zero-order chi connectivity index (χ0) is 21.8. The van der Waals surface area contributed by atoms with Gasteiger partial charge in [0.2, 0.25) is 11.8 Å². The molecule has 4 rings (SSSR count). The number of benzene rings is 2. The van der Waals surface area contributed by atoms with Gasteiger partial charge in [0, 0.05) is 45.8 Å². The van der Waals surface area contributed by atoms with E-state index in [9.17, 15) is 14.7 Å². The smallest absolute Gasteiger partial charge is 0.237 e. The molecule has 2 heterocycles. The summed E-state index contributed by atoms with van der Waals surface area (Å²) in [6.45, 7) is 6.54. The number of nitrogens with one attached hydrogen (secondary N) is 1. The average molecular weight is 423 g/mol. The molecule has 0 radical (unpaired) electrons. The third-order valence-corrected chi connectivity index (χ3v) is 6.17. The van der Waals surface area contributed by atoms with Crippen LogP contribution >= 0.6 is 0 Å². The topological polar surface area (TPSA) is 76.1 Å². The minimum atomic E-state index is -0.446. The van der Waals surface area contributed by atoms with E-state index in [-0.39, 0.29) is 24.0 Å². The zero-order valence-electron chi connectivity index (χ0n) is 18.0. The van der Waals surface area contributed by atoms with Crippen LogP contribution in [0, 0.1) is 6.92 Å². The number of rotatable bonds is 5. The molecular weight excluding hydrogens is 392 g/mol. The summed E-state index contributed by atoms with van der Waals surface area (Å²) >= 11 is 0. The van der Waals surface area contributed by atoms with E-state index in [0.29, 0.717) is 39.3 Å². The van der Waals surface area contributed by atoms with Gasteiger partial charge in [-0.25, -0.2) is 0 Å². The SMILES string of the molecule is Cc1ccc(CN2CCNC(=O)C2CC(=O)N2CCN(c3ccccc3O)CC2)cc1. The van der Waals surface area contributed by atoms with Crippen LogP contribution < -0.4 is 10.2 Å². The fraction of sp³-hybridized carbons (Fsp3) is 0.417. The average Bonchev–Trinajstić information content (AvgIpc) is 2.78. The Kier molecular flexibility index (Phi) is 6.42. The van der Waals surface area contributed by atoms with Crippen molar-refractivity contribution in [3.63, 3.8) is 0 Å². The first-order chi connectivity index (χ1) is 15.0. The van der Waals surface area contributed by atoms with Crippen LogP contribution in [0.4, 0.5) is 5.69 Å². The van der Waals surface area contributed by atoms with Crippen molar-refractivity contribution in [2.75, 3.05) is 44.2 Å².